The molecule has 0 saturated heterocycles. The summed E-state index contributed by atoms with van der Waals surface area (Å²) in [5.41, 5.74) is 9.47. The monoisotopic (exact) mass is 329 g/mol. The number of ether oxygens (including phenoxy) is 1. The molecule has 1 aromatic rings. The van der Waals surface area contributed by atoms with Gasteiger partial charge in [0.05, 0.1) is 11.3 Å². The summed E-state index contributed by atoms with van der Waals surface area (Å²) in [5, 5.41) is 9.55. The highest BCUT2D eigenvalue weighted by atomic mass is 16.5. The molecule has 6 heteroatoms. The van der Waals surface area contributed by atoms with Crippen LogP contribution < -0.4 is 10.9 Å². The maximum atomic E-state index is 9.55. The predicted octanol–water partition coefficient (Wildman–Crippen LogP) is 3.77. The third-order valence-electron chi connectivity index (χ3n) is 4.13. The van der Waals surface area contributed by atoms with E-state index in [2.05, 4.69) is 26.6 Å². The summed E-state index contributed by atoms with van der Waals surface area (Å²) < 4.78 is 5.77. The fourth-order valence-electron chi connectivity index (χ4n) is 2.92. The Morgan fingerprint density at radius 1 is 1.32 bits per heavy atom. The zero-order chi connectivity index (χ0) is 18.0. The van der Waals surface area contributed by atoms with E-state index in [9.17, 15) is 5.26 Å². The van der Waals surface area contributed by atoms with Crippen LogP contribution in [-0.2, 0) is 11.3 Å². The Labute approximate surface area is 146 Å². The fourth-order valence-corrected chi connectivity index (χ4v) is 2.92. The van der Waals surface area contributed by atoms with Gasteiger partial charge in [0.1, 0.15) is 24.8 Å². The number of benzene rings is 1. The van der Waals surface area contributed by atoms with Gasteiger partial charge in [0, 0.05) is 12.1 Å². The molecule has 0 bridgehead atoms. The predicted molar refractivity (Wildman–Crippen MR) is 94.0 cm³/mol. The van der Waals surface area contributed by atoms with Crippen LogP contribution in [0.3, 0.4) is 0 Å². The normalized spacial score (nSPS) is 17.3. The van der Waals surface area contributed by atoms with Crippen molar-refractivity contribution in [1.29, 1.82) is 5.26 Å². The van der Waals surface area contributed by atoms with Crippen molar-refractivity contribution >= 4 is 11.8 Å². The van der Waals surface area contributed by atoms with Crippen LogP contribution in [0, 0.1) is 24.5 Å². The molecule has 3 rings (SSSR count). The maximum Gasteiger partial charge on any atom is 0.563 e. The number of hydrogen-bond acceptors (Lipinski definition) is 4. The van der Waals surface area contributed by atoms with Crippen LogP contribution in [0.4, 0.5) is 5.69 Å². The van der Waals surface area contributed by atoms with Gasteiger partial charge in [-0.1, -0.05) is 30.4 Å². The van der Waals surface area contributed by atoms with Gasteiger partial charge in [-0.3, -0.25) is 0 Å². The van der Waals surface area contributed by atoms with Gasteiger partial charge in [-0.15, -0.1) is 0 Å². The molecule has 0 amide bonds. The van der Waals surface area contributed by atoms with Crippen LogP contribution in [-0.4, -0.2) is 5.60 Å². The number of anilines is 1. The van der Waals surface area contributed by atoms with Gasteiger partial charge in [0.15, 0.2) is 0 Å². The minimum Gasteiger partial charge on any atom is -0.485 e. The molecular weight excluding hydrogens is 314 g/mol. The average molecular weight is 329 g/mol. The Kier molecular flexibility index (Phi) is 4.03. The molecule has 122 valence electrons. The lowest BCUT2D eigenvalue weighted by molar-refractivity contribution is 0.0951. The van der Waals surface area contributed by atoms with Crippen molar-refractivity contribution in [2.45, 2.75) is 26.0 Å². The van der Waals surface area contributed by atoms with Gasteiger partial charge in [0.2, 0.25) is 5.76 Å². The minimum absolute atomic E-state index is 0.0650. The van der Waals surface area contributed by atoms with Gasteiger partial charge in [-0.2, -0.15) is 15.0 Å². The first kappa shape index (κ1) is 16.3. The Morgan fingerprint density at radius 3 is 2.76 bits per heavy atom. The highest BCUT2D eigenvalue weighted by molar-refractivity contribution is 5.73. The molecule has 0 fully saturated rings. The van der Waals surface area contributed by atoms with E-state index >= 15 is 0 Å². The number of fused-ring (bicyclic) bond motifs is 1. The summed E-state index contributed by atoms with van der Waals surface area (Å²) >= 11 is 0. The van der Waals surface area contributed by atoms with E-state index in [0.717, 1.165) is 17.8 Å². The van der Waals surface area contributed by atoms with Crippen molar-refractivity contribution in [3.05, 3.63) is 81.0 Å². The second kappa shape index (κ2) is 6.17. The van der Waals surface area contributed by atoms with E-state index in [-0.39, 0.29) is 17.2 Å². The second-order valence-electron chi connectivity index (χ2n) is 6.08. The van der Waals surface area contributed by atoms with Gasteiger partial charge in [-0.25, -0.2) is 5.43 Å². The minimum atomic E-state index is -0.791. The summed E-state index contributed by atoms with van der Waals surface area (Å²) in [4.78, 5) is 6.35. The topological polar surface area (TPSA) is 65.8 Å². The largest absolute Gasteiger partial charge is 0.563 e. The molecule has 2 heterocycles. The third-order valence-corrected chi connectivity index (χ3v) is 4.13. The highest BCUT2D eigenvalue weighted by Gasteiger charge is 2.41. The number of rotatable bonds is 2. The average Bonchev–Trinajstić information content (AvgIpc) is 3.16. The van der Waals surface area contributed by atoms with E-state index in [1.165, 1.54) is 5.56 Å². The van der Waals surface area contributed by atoms with Crippen LogP contribution in [0.1, 0.15) is 25.0 Å². The molecule has 1 aromatic carbocycles. The number of nitriles is 1. The molecular formula is C19H15N5O. The molecule has 0 aliphatic carbocycles. The number of hydrazine groups is 1. The molecule has 6 nitrogen and oxygen atoms in total. The van der Waals surface area contributed by atoms with E-state index in [0.29, 0.717) is 5.57 Å². The molecule has 25 heavy (non-hydrogen) atoms. The third kappa shape index (κ3) is 2.74. The summed E-state index contributed by atoms with van der Waals surface area (Å²) in [5.74, 6) is -0.158. The van der Waals surface area contributed by atoms with Gasteiger partial charge >= 0.3 is 5.82 Å². The van der Waals surface area contributed by atoms with Crippen molar-refractivity contribution in [3.8, 4) is 6.07 Å². The number of para-hydroxylation sites is 1. The second-order valence-corrected chi connectivity index (χ2v) is 6.08. The van der Waals surface area contributed by atoms with E-state index in [4.69, 9.17) is 17.9 Å². The summed E-state index contributed by atoms with van der Waals surface area (Å²) in [6.07, 6.45) is 3.74. The van der Waals surface area contributed by atoms with Gasteiger partial charge in [0.25, 0.3) is 0 Å². The maximum absolute atomic E-state index is 9.55. The number of allylic oxidation sites excluding steroid dienone is 1. The van der Waals surface area contributed by atoms with Crippen molar-refractivity contribution in [3.63, 3.8) is 0 Å². The zero-order valence-electron chi connectivity index (χ0n) is 13.8. The van der Waals surface area contributed by atoms with Gasteiger partial charge in [-0.05, 0) is 25.0 Å². The first-order valence-corrected chi connectivity index (χ1v) is 7.64. The number of hydrogen-bond donors (Lipinski definition) is 2. The lowest BCUT2D eigenvalue weighted by atomic mass is 9.94. The molecule has 2 aliphatic rings. The summed E-state index contributed by atoms with van der Waals surface area (Å²) in [6, 6.07) is 8.08. The fraction of sp³-hybridized carbons (Fsp3) is 0.211. The Morgan fingerprint density at radius 2 is 2.08 bits per heavy atom. The van der Waals surface area contributed by atoms with Crippen LogP contribution in [0.25, 0.3) is 15.8 Å². The van der Waals surface area contributed by atoms with Crippen molar-refractivity contribution in [2.24, 2.45) is 0 Å². The Hall–Kier alpha value is -3.53. The lowest BCUT2D eigenvalue weighted by Crippen LogP contribution is -2.20. The molecule has 0 radical (unpaired) electrons. The molecule has 2 aliphatic heterocycles. The van der Waals surface area contributed by atoms with Crippen LogP contribution in [0.15, 0.2) is 47.0 Å². The van der Waals surface area contributed by atoms with Crippen LogP contribution >= 0.6 is 0 Å². The first-order valence-electron chi connectivity index (χ1n) is 7.64. The highest BCUT2D eigenvalue weighted by Crippen LogP contribution is 2.41. The molecule has 0 aromatic heterocycles. The SMILES string of the molecule is [C-]#[N+]C([N+]#[C-])=C1OC(C)(C)C(/C=C/c2cccc3c2NNC3)=C1C#N. The smallest absolute Gasteiger partial charge is 0.485 e. The van der Waals surface area contributed by atoms with Crippen molar-refractivity contribution < 1.29 is 4.74 Å². The molecule has 0 spiro atoms. The lowest BCUT2D eigenvalue weighted by Gasteiger charge is -2.20. The molecule has 2 N–H and O–H groups in total. The van der Waals surface area contributed by atoms with E-state index in [1.54, 1.807) is 0 Å². The Bertz CT molecular complexity index is 945. The molecule has 0 atom stereocenters. The zero-order valence-corrected chi connectivity index (χ0v) is 13.8. The number of nitrogens with one attached hydrogen (secondary N) is 2. The molecule has 0 unspecified atom stereocenters. The van der Waals surface area contributed by atoms with E-state index < -0.39 is 5.60 Å². The van der Waals surface area contributed by atoms with Crippen molar-refractivity contribution in [1.82, 2.24) is 5.43 Å². The molecule has 0 saturated carbocycles. The van der Waals surface area contributed by atoms with Crippen LogP contribution in [0.2, 0.25) is 0 Å². The summed E-state index contributed by atoms with van der Waals surface area (Å²) in [7, 11) is 0. The first-order chi connectivity index (χ1) is 12.0. The van der Waals surface area contributed by atoms with Crippen LogP contribution in [0.5, 0.6) is 0 Å². The number of nitrogens with zero attached hydrogens (tertiary/aromatic N) is 3. The quantitative estimate of drug-likeness (QED) is 0.811. The van der Waals surface area contributed by atoms with Gasteiger partial charge < -0.3 is 10.2 Å². The van der Waals surface area contributed by atoms with E-state index in [1.807, 2.05) is 44.2 Å². The Balaban J connectivity index is 2.09. The van der Waals surface area contributed by atoms with Crippen molar-refractivity contribution in [2.75, 3.05) is 5.43 Å². The summed E-state index contributed by atoms with van der Waals surface area (Å²) in [6.45, 7) is 18.6. The standard InChI is InChI=1S/C19H15N5O/c1-19(2)15(14(10-20)17(25-19)18(21-3)22-4)9-8-12-6-5-7-13-11-23-24-16(12)13/h5-9,23-24H,11H2,1-2H3/b9-8+.